The molecule has 2 aromatic carbocycles. The lowest BCUT2D eigenvalue weighted by molar-refractivity contribution is 0.423. The Hall–Kier alpha value is -1.54. The van der Waals surface area contributed by atoms with E-state index >= 15 is 0 Å². The third-order valence-electron chi connectivity index (χ3n) is 4.20. The monoisotopic (exact) mass is 268 g/mol. The molecule has 106 valence electrons. The zero-order valence-corrected chi connectivity index (χ0v) is 12.3. The molecule has 1 aliphatic heterocycles. The van der Waals surface area contributed by atoms with Gasteiger partial charge in [0.05, 0.1) is 0 Å². The lowest BCUT2D eigenvalue weighted by Crippen LogP contribution is -2.46. The van der Waals surface area contributed by atoms with Crippen molar-refractivity contribution in [2.75, 3.05) is 24.5 Å². The van der Waals surface area contributed by atoms with Crippen molar-refractivity contribution in [1.82, 2.24) is 5.32 Å². The number of piperidine rings is 1. The second-order valence-electron chi connectivity index (χ2n) is 5.77. The first-order chi connectivity index (χ1) is 9.86. The highest BCUT2D eigenvalue weighted by Gasteiger charge is 2.19. The van der Waals surface area contributed by atoms with Crippen molar-refractivity contribution >= 4 is 16.5 Å². The summed E-state index contributed by atoms with van der Waals surface area (Å²) in [6.07, 6.45) is 3.81. The Labute approximate surface area is 121 Å². The molecule has 3 rings (SSSR count). The summed E-state index contributed by atoms with van der Waals surface area (Å²) in [6.45, 7) is 5.69. The molecule has 0 amide bonds. The minimum Gasteiger partial charge on any atom is -0.370 e. The zero-order chi connectivity index (χ0) is 13.8. The summed E-state index contributed by atoms with van der Waals surface area (Å²) in [5.41, 5.74) is 1.37. The van der Waals surface area contributed by atoms with Crippen LogP contribution in [0.4, 0.5) is 5.69 Å². The number of nitrogens with zero attached hydrogens (tertiary/aromatic N) is 1. The quantitative estimate of drug-likeness (QED) is 0.907. The van der Waals surface area contributed by atoms with E-state index in [0.717, 1.165) is 13.1 Å². The van der Waals surface area contributed by atoms with Crippen molar-refractivity contribution in [2.45, 2.75) is 32.2 Å². The summed E-state index contributed by atoms with van der Waals surface area (Å²) in [4.78, 5) is 2.53. The largest absolute Gasteiger partial charge is 0.370 e. The summed E-state index contributed by atoms with van der Waals surface area (Å²) >= 11 is 0. The number of rotatable bonds is 4. The fourth-order valence-corrected chi connectivity index (χ4v) is 3.10. The second-order valence-corrected chi connectivity index (χ2v) is 5.77. The van der Waals surface area contributed by atoms with Gasteiger partial charge < -0.3 is 10.2 Å². The first kappa shape index (κ1) is 13.4. The topological polar surface area (TPSA) is 15.3 Å². The van der Waals surface area contributed by atoms with Gasteiger partial charge in [-0.05, 0) is 48.7 Å². The molecule has 0 aromatic heterocycles. The fourth-order valence-electron chi connectivity index (χ4n) is 3.10. The number of benzene rings is 2. The predicted molar refractivity (Wildman–Crippen MR) is 87.5 cm³/mol. The standard InChI is InChI=1S/C18H24N2/c1-2-11-19-17-8-5-12-20(14-17)18-10-9-15-6-3-4-7-16(15)13-18/h3-4,6-7,9-10,13,17,19H,2,5,8,11-12,14H2,1H3. The minimum atomic E-state index is 0.648. The molecule has 1 N–H and O–H groups in total. The molecule has 1 fully saturated rings. The van der Waals surface area contributed by atoms with Gasteiger partial charge in [-0.25, -0.2) is 0 Å². The van der Waals surface area contributed by atoms with Gasteiger partial charge in [-0.3, -0.25) is 0 Å². The molecule has 2 nitrogen and oxygen atoms in total. The second kappa shape index (κ2) is 6.27. The van der Waals surface area contributed by atoms with Crippen LogP contribution in [0.5, 0.6) is 0 Å². The molecule has 1 unspecified atom stereocenters. The molecule has 0 spiro atoms. The van der Waals surface area contributed by atoms with Crippen molar-refractivity contribution in [3.05, 3.63) is 42.5 Å². The summed E-state index contributed by atoms with van der Waals surface area (Å²) < 4.78 is 0. The summed E-state index contributed by atoms with van der Waals surface area (Å²) in [5.74, 6) is 0. The van der Waals surface area contributed by atoms with Crippen molar-refractivity contribution in [2.24, 2.45) is 0 Å². The Morgan fingerprint density at radius 3 is 2.85 bits per heavy atom. The maximum absolute atomic E-state index is 3.67. The van der Waals surface area contributed by atoms with E-state index in [-0.39, 0.29) is 0 Å². The van der Waals surface area contributed by atoms with Crippen LogP contribution in [-0.2, 0) is 0 Å². The van der Waals surface area contributed by atoms with Crippen molar-refractivity contribution in [1.29, 1.82) is 0 Å². The van der Waals surface area contributed by atoms with Crippen LogP contribution in [0, 0.1) is 0 Å². The third kappa shape index (κ3) is 2.96. The number of hydrogen-bond acceptors (Lipinski definition) is 2. The van der Waals surface area contributed by atoms with Crippen LogP contribution < -0.4 is 10.2 Å². The van der Waals surface area contributed by atoms with Gasteiger partial charge in [0.15, 0.2) is 0 Å². The Morgan fingerprint density at radius 1 is 1.15 bits per heavy atom. The van der Waals surface area contributed by atoms with Gasteiger partial charge in [-0.15, -0.1) is 0 Å². The average molecular weight is 268 g/mol. The van der Waals surface area contributed by atoms with Crippen LogP contribution in [0.2, 0.25) is 0 Å². The van der Waals surface area contributed by atoms with E-state index in [1.807, 2.05) is 0 Å². The number of nitrogens with one attached hydrogen (secondary N) is 1. The van der Waals surface area contributed by atoms with Crippen LogP contribution in [-0.4, -0.2) is 25.7 Å². The van der Waals surface area contributed by atoms with Crippen molar-refractivity contribution < 1.29 is 0 Å². The van der Waals surface area contributed by atoms with Crippen molar-refractivity contribution in [3.8, 4) is 0 Å². The first-order valence-electron chi connectivity index (χ1n) is 7.84. The smallest absolute Gasteiger partial charge is 0.0373 e. The number of anilines is 1. The van der Waals surface area contributed by atoms with E-state index in [0.29, 0.717) is 6.04 Å². The van der Waals surface area contributed by atoms with Gasteiger partial charge in [0.2, 0.25) is 0 Å². The number of fused-ring (bicyclic) bond motifs is 1. The lowest BCUT2D eigenvalue weighted by atomic mass is 10.0. The number of hydrogen-bond donors (Lipinski definition) is 1. The van der Waals surface area contributed by atoms with Gasteiger partial charge in [0.1, 0.15) is 0 Å². The maximum Gasteiger partial charge on any atom is 0.0373 e. The van der Waals surface area contributed by atoms with Crippen LogP contribution >= 0.6 is 0 Å². The molecule has 1 saturated heterocycles. The van der Waals surface area contributed by atoms with E-state index < -0.39 is 0 Å². The summed E-state index contributed by atoms with van der Waals surface area (Å²) in [7, 11) is 0. The molecule has 2 heteroatoms. The fraction of sp³-hybridized carbons (Fsp3) is 0.444. The minimum absolute atomic E-state index is 0.648. The van der Waals surface area contributed by atoms with Crippen LogP contribution in [0.3, 0.4) is 0 Å². The molecule has 0 radical (unpaired) electrons. The summed E-state index contributed by atoms with van der Waals surface area (Å²) in [6, 6.07) is 16.1. The molecular formula is C18H24N2. The Kier molecular flexibility index (Phi) is 4.22. The Morgan fingerprint density at radius 2 is 2.00 bits per heavy atom. The molecule has 0 aliphatic carbocycles. The Balaban J connectivity index is 1.76. The van der Waals surface area contributed by atoms with E-state index in [2.05, 4.69) is 59.6 Å². The van der Waals surface area contributed by atoms with Gasteiger partial charge in [0.25, 0.3) is 0 Å². The third-order valence-corrected chi connectivity index (χ3v) is 4.20. The molecule has 20 heavy (non-hydrogen) atoms. The van der Waals surface area contributed by atoms with E-state index in [1.165, 1.54) is 42.3 Å². The predicted octanol–water partition coefficient (Wildman–Crippen LogP) is 3.81. The highest BCUT2D eigenvalue weighted by Crippen LogP contribution is 2.24. The normalized spacial score (nSPS) is 19.4. The van der Waals surface area contributed by atoms with Gasteiger partial charge in [0, 0.05) is 24.8 Å². The SMILES string of the molecule is CCCNC1CCCN(c2ccc3ccccc3c2)C1. The highest BCUT2D eigenvalue weighted by molar-refractivity contribution is 5.85. The highest BCUT2D eigenvalue weighted by atomic mass is 15.2. The van der Waals surface area contributed by atoms with Crippen LogP contribution in [0.25, 0.3) is 10.8 Å². The molecule has 1 aliphatic rings. The molecule has 2 aromatic rings. The van der Waals surface area contributed by atoms with E-state index in [4.69, 9.17) is 0 Å². The average Bonchev–Trinajstić information content (AvgIpc) is 2.53. The van der Waals surface area contributed by atoms with Gasteiger partial charge in [-0.1, -0.05) is 37.3 Å². The maximum atomic E-state index is 3.67. The van der Waals surface area contributed by atoms with E-state index in [1.54, 1.807) is 0 Å². The molecule has 0 bridgehead atoms. The summed E-state index contributed by atoms with van der Waals surface area (Å²) in [5, 5.41) is 6.34. The lowest BCUT2D eigenvalue weighted by Gasteiger charge is -2.35. The molecule has 1 atom stereocenters. The van der Waals surface area contributed by atoms with Crippen LogP contribution in [0.1, 0.15) is 26.2 Å². The zero-order valence-electron chi connectivity index (χ0n) is 12.3. The van der Waals surface area contributed by atoms with Gasteiger partial charge in [-0.2, -0.15) is 0 Å². The Bertz CT molecular complexity index is 564. The molecule has 0 saturated carbocycles. The first-order valence-corrected chi connectivity index (χ1v) is 7.84. The molecule has 1 heterocycles. The van der Waals surface area contributed by atoms with E-state index in [9.17, 15) is 0 Å². The van der Waals surface area contributed by atoms with Crippen molar-refractivity contribution in [3.63, 3.8) is 0 Å². The van der Waals surface area contributed by atoms with Crippen LogP contribution in [0.15, 0.2) is 42.5 Å². The molecular weight excluding hydrogens is 244 g/mol. The van der Waals surface area contributed by atoms with Gasteiger partial charge >= 0.3 is 0 Å².